The number of halogens is 1. The Kier molecular flexibility index (Phi) is 4.94. The third-order valence-corrected chi connectivity index (χ3v) is 4.83. The van der Waals surface area contributed by atoms with Gasteiger partial charge in [-0.05, 0) is 30.4 Å². The van der Waals surface area contributed by atoms with Gasteiger partial charge >= 0.3 is 0 Å². The van der Waals surface area contributed by atoms with Gasteiger partial charge in [0.05, 0.1) is 0 Å². The zero-order valence-electron chi connectivity index (χ0n) is 11.9. The minimum absolute atomic E-state index is 0.440. The number of hydrogen-bond acceptors (Lipinski definition) is 3. The van der Waals surface area contributed by atoms with Crippen molar-refractivity contribution in [3.63, 3.8) is 0 Å². The van der Waals surface area contributed by atoms with E-state index in [0.717, 1.165) is 57.3 Å². The van der Waals surface area contributed by atoms with E-state index in [4.69, 9.17) is 16.3 Å². The molecule has 110 valence electrons. The van der Waals surface area contributed by atoms with Gasteiger partial charge in [-0.15, -0.1) is 0 Å². The average Bonchev–Trinajstić information content (AvgIpc) is 2.52. The molecular weight excluding hydrogens is 272 g/mol. The van der Waals surface area contributed by atoms with Gasteiger partial charge in [0.15, 0.2) is 0 Å². The Hall–Kier alpha value is -0.610. The van der Waals surface area contributed by atoms with Gasteiger partial charge in [0, 0.05) is 50.5 Å². The molecule has 2 fully saturated rings. The van der Waals surface area contributed by atoms with Crippen LogP contribution >= 0.6 is 11.6 Å². The monoisotopic (exact) mass is 294 g/mol. The number of piperazine rings is 1. The highest BCUT2D eigenvalue weighted by Crippen LogP contribution is 2.38. The Morgan fingerprint density at radius 1 is 1.15 bits per heavy atom. The molecule has 0 bridgehead atoms. The minimum atomic E-state index is 0.440. The van der Waals surface area contributed by atoms with Crippen LogP contribution in [0.5, 0.6) is 0 Å². The maximum atomic E-state index is 6.48. The quantitative estimate of drug-likeness (QED) is 0.928. The molecule has 2 aliphatic heterocycles. The zero-order chi connectivity index (χ0) is 13.8. The second-order valence-corrected chi connectivity index (χ2v) is 6.11. The van der Waals surface area contributed by atoms with Gasteiger partial charge in [0.1, 0.15) is 0 Å². The summed E-state index contributed by atoms with van der Waals surface area (Å²) in [5, 5.41) is 4.34. The predicted octanol–water partition coefficient (Wildman–Crippen LogP) is 2.71. The van der Waals surface area contributed by atoms with Crippen molar-refractivity contribution < 1.29 is 4.74 Å². The van der Waals surface area contributed by atoms with Gasteiger partial charge in [0.2, 0.25) is 0 Å². The Bertz CT molecular complexity index is 410. The molecule has 2 heterocycles. The van der Waals surface area contributed by atoms with Crippen molar-refractivity contribution in [3.8, 4) is 0 Å². The Morgan fingerprint density at radius 2 is 1.85 bits per heavy atom. The molecule has 0 aromatic heterocycles. The smallest absolute Gasteiger partial charge is 0.0469 e. The maximum absolute atomic E-state index is 6.48. The van der Waals surface area contributed by atoms with Crippen molar-refractivity contribution >= 4 is 11.6 Å². The summed E-state index contributed by atoms with van der Waals surface area (Å²) >= 11 is 6.48. The van der Waals surface area contributed by atoms with Gasteiger partial charge in [-0.1, -0.05) is 29.8 Å². The average molecular weight is 295 g/mol. The van der Waals surface area contributed by atoms with Crippen LogP contribution in [0.4, 0.5) is 0 Å². The lowest BCUT2D eigenvalue weighted by molar-refractivity contribution is 0.0213. The molecule has 1 aromatic carbocycles. The molecule has 0 aliphatic carbocycles. The van der Waals surface area contributed by atoms with Crippen LogP contribution in [0.1, 0.15) is 24.4 Å². The van der Waals surface area contributed by atoms with Gasteiger partial charge in [-0.25, -0.2) is 0 Å². The van der Waals surface area contributed by atoms with Gasteiger partial charge in [-0.2, -0.15) is 0 Å². The van der Waals surface area contributed by atoms with Gasteiger partial charge < -0.3 is 10.1 Å². The van der Waals surface area contributed by atoms with E-state index in [-0.39, 0.29) is 0 Å². The van der Waals surface area contributed by atoms with Crippen molar-refractivity contribution in [1.82, 2.24) is 10.2 Å². The Balaban J connectivity index is 1.87. The Morgan fingerprint density at radius 3 is 2.55 bits per heavy atom. The van der Waals surface area contributed by atoms with E-state index in [1.54, 1.807) is 0 Å². The fourth-order valence-corrected chi connectivity index (χ4v) is 3.70. The molecule has 1 atom stereocenters. The third kappa shape index (κ3) is 3.17. The molecule has 0 unspecified atom stereocenters. The van der Waals surface area contributed by atoms with Crippen LogP contribution in [0, 0.1) is 5.92 Å². The van der Waals surface area contributed by atoms with Crippen molar-refractivity contribution in [2.75, 3.05) is 39.4 Å². The first kappa shape index (κ1) is 14.3. The molecule has 1 N–H and O–H groups in total. The summed E-state index contributed by atoms with van der Waals surface area (Å²) in [4.78, 5) is 2.60. The minimum Gasteiger partial charge on any atom is -0.381 e. The van der Waals surface area contributed by atoms with Crippen LogP contribution in [-0.2, 0) is 4.74 Å². The van der Waals surface area contributed by atoms with Crippen LogP contribution in [0.2, 0.25) is 5.02 Å². The van der Waals surface area contributed by atoms with E-state index in [0.29, 0.717) is 12.0 Å². The molecule has 0 radical (unpaired) electrons. The van der Waals surface area contributed by atoms with Crippen molar-refractivity contribution in [2.45, 2.75) is 18.9 Å². The van der Waals surface area contributed by atoms with Crippen molar-refractivity contribution in [2.24, 2.45) is 5.92 Å². The fourth-order valence-electron chi connectivity index (χ4n) is 3.46. The van der Waals surface area contributed by atoms with Crippen LogP contribution in [0.3, 0.4) is 0 Å². The molecule has 4 heteroatoms. The number of benzene rings is 1. The highest BCUT2D eigenvalue weighted by molar-refractivity contribution is 6.31. The van der Waals surface area contributed by atoms with E-state index < -0.39 is 0 Å². The highest BCUT2D eigenvalue weighted by Gasteiger charge is 2.32. The molecule has 2 aliphatic rings. The molecule has 0 amide bonds. The Labute approximate surface area is 126 Å². The highest BCUT2D eigenvalue weighted by atomic mass is 35.5. The molecule has 2 saturated heterocycles. The summed E-state index contributed by atoms with van der Waals surface area (Å²) < 4.78 is 5.54. The third-order valence-electron chi connectivity index (χ3n) is 4.48. The summed E-state index contributed by atoms with van der Waals surface area (Å²) in [6, 6.07) is 8.78. The molecule has 0 spiro atoms. The summed E-state index contributed by atoms with van der Waals surface area (Å²) in [5.74, 6) is 0.654. The standard InChI is InChI=1S/C16H23ClN2O/c17-15-4-2-1-3-14(15)16(13-5-11-20-12-6-13)19-9-7-18-8-10-19/h1-4,13,16,18H,5-12H2/t16-/m1/s1. The summed E-state index contributed by atoms with van der Waals surface area (Å²) in [6.07, 6.45) is 2.28. The van der Waals surface area contributed by atoms with E-state index >= 15 is 0 Å². The topological polar surface area (TPSA) is 24.5 Å². The number of nitrogens with one attached hydrogen (secondary N) is 1. The van der Waals surface area contributed by atoms with Crippen LogP contribution < -0.4 is 5.32 Å². The number of rotatable bonds is 3. The molecule has 20 heavy (non-hydrogen) atoms. The summed E-state index contributed by atoms with van der Waals surface area (Å²) in [5.41, 5.74) is 1.29. The van der Waals surface area contributed by atoms with E-state index in [9.17, 15) is 0 Å². The summed E-state index contributed by atoms with van der Waals surface area (Å²) in [7, 11) is 0. The van der Waals surface area contributed by atoms with Gasteiger partial charge in [0.25, 0.3) is 0 Å². The lowest BCUT2D eigenvalue weighted by Crippen LogP contribution is -2.47. The lowest BCUT2D eigenvalue weighted by Gasteiger charge is -2.41. The first-order chi connectivity index (χ1) is 9.86. The normalized spacial score (nSPS) is 23.6. The molecule has 3 nitrogen and oxygen atoms in total. The molecular formula is C16H23ClN2O. The van der Waals surface area contributed by atoms with E-state index in [2.05, 4.69) is 22.3 Å². The predicted molar refractivity (Wildman–Crippen MR) is 82.2 cm³/mol. The van der Waals surface area contributed by atoms with Crippen LogP contribution in [0.15, 0.2) is 24.3 Å². The van der Waals surface area contributed by atoms with Crippen molar-refractivity contribution in [1.29, 1.82) is 0 Å². The summed E-state index contributed by atoms with van der Waals surface area (Å²) in [6.45, 7) is 6.13. The second-order valence-electron chi connectivity index (χ2n) is 5.70. The number of nitrogens with zero attached hydrogens (tertiary/aromatic N) is 1. The first-order valence-corrected chi connectivity index (χ1v) is 8.01. The SMILES string of the molecule is Clc1ccccc1[C@@H](C1CCOCC1)N1CCNCC1. The largest absolute Gasteiger partial charge is 0.381 e. The maximum Gasteiger partial charge on any atom is 0.0469 e. The van der Waals surface area contributed by atoms with E-state index in [1.165, 1.54) is 5.56 Å². The number of hydrogen-bond donors (Lipinski definition) is 1. The molecule has 1 aromatic rings. The zero-order valence-corrected chi connectivity index (χ0v) is 12.6. The van der Waals surface area contributed by atoms with Crippen LogP contribution in [-0.4, -0.2) is 44.3 Å². The molecule has 3 rings (SSSR count). The van der Waals surface area contributed by atoms with E-state index in [1.807, 2.05) is 12.1 Å². The fraction of sp³-hybridized carbons (Fsp3) is 0.625. The van der Waals surface area contributed by atoms with Gasteiger partial charge in [-0.3, -0.25) is 4.90 Å². The van der Waals surface area contributed by atoms with Crippen molar-refractivity contribution in [3.05, 3.63) is 34.9 Å². The number of ether oxygens (including phenoxy) is 1. The van der Waals surface area contributed by atoms with Crippen LogP contribution in [0.25, 0.3) is 0 Å². The molecule has 0 saturated carbocycles. The first-order valence-electron chi connectivity index (χ1n) is 7.63. The lowest BCUT2D eigenvalue weighted by atomic mass is 9.85. The second kappa shape index (κ2) is 6.90.